The molecule has 38 heavy (non-hydrogen) atoms. The molecule has 0 amide bonds. The Morgan fingerprint density at radius 3 is 2.71 bits per heavy atom. The van der Waals surface area contributed by atoms with Crippen LogP contribution in [0, 0.1) is 6.92 Å². The summed E-state index contributed by atoms with van der Waals surface area (Å²) in [6, 6.07) is 5.99. The fourth-order valence-electron chi connectivity index (χ4n) is 4.94. The number of hydrogen-bond donors (Lipinski definition) is 1. The van der Waals surface area contributed by atoms with Crippen molar-refractivity contribution in [2.75, 3.05) is 33.4 Å². The Hall–Kier alpha value is -3.35. The van der Waals surface area contributed by atoms with E-state index in [4.69, 9.17) is 4.74 Å². The standard InChI is InChI=1S/C26H28F3N5O3S/c1-19-6-3-8-21(14-19)25(27)16-24(37-2)23(15-26(25,28)29)34-12-4-7-20-17-33(13-9-22(20)34)38(35,36)31-32-11-5-10-30-18-32/h3-8,10-11,14-16,31H,9,12-13,17-18H2,1-2H3. The van der Waals surface area contributed by atoms with Crippen LogP contribution >= 0.6 is 0 Å². The van der Waals surface area contributed by atoms with Gasteiger partial charge in [0.2, 0.25) is 5.67 Å². The lowest BCUT2D eigenvalue weighted by Crippen LogP contribution is -2.51. The third-order valence-electron chi connectivity index (χ3n) is 6.85. The first kappa shape index (κ1) is 26.3. The summed E-state index contributed by atoms with van der Waals surface area (Å²) in [6.07, 6.45) is 10.0. The second kappa shape index (κ2) is 9.75. The van der Waals surface area contributed by atoms with Crippen LogP contribution in [0.2, 0.25) is 0 Å². The molecule has 5 rings (SSSR count). The van der Waals surface area contributed by atoms with Crippen LogP contribution in [-0.4, -0.2) is 68.2 Å². The van der Waals surface area contributed by atoms with Crippen LogP contribution in [0.1, 0.15) is 17.5 Å². The van der Waals surface area contributed by atoms with Crippen molar-refractivity contribution < 1.29 is 26.3 Å². The number of nitrogens with one attached hydrogen (secondary N) is 1. The SMILES string of the molecule is COC1=CC(F)(c2cccc(C)c2)C(F)(F)C=C1N1CC=CC2=C1CCN(S(=O)(=O)NN1C=CC=NC1)C2. The van der Waals surface area contributed by atoms with E-state index in [1.807, 2.05) is 0 Å². The number of aliphatic imine (C=N–C) groups is 1. The van der Waals surface area contributed by atoms with E-state index in [-0.39, 0.29) is 49.7 Å². The second-order valence-electron chi connectivity index (χ2n) is 9.40. The van der Waals surface area contributed by atoms with Crippen molar-refractivity contribution >= 4 is 16.4 Å². The molecule has 12 heteroatoms. The molecule has 1 aromatic carbocycles. The molecule has 0 aromatic heterocycles. The molecule has 4 aliphatic rings. The smallest absolute Gasteiger partial charge is 0.310 e. The molecule has 1 aliphatic carbocycles. The summed E-state index contributed by atoms with van der Waals surface area (Å²) in [5.41, 5.74) is -1.20. The number of ether oxygens (including phenoxy) is 1. The number of allylic oxidation sites excluding steroid dienone is 3. The predicted molar refractivity (Wildman–Crippen MR) is 138 cm³/mol. The van der Waals surface area contributed by atoms with Gasteiger partial charge < -0.3 is 9.64 Å². The molecule has 0 saturated carbocycles. The summed E-state index contributed by atoms with van der Waals surface area (Å²) < 4.78 is 79.8. The minimum absolute atomic E-state index is 0.0174. The minimum atomic E-state index is -3.88. The molecule has 202 valence electrons. The third kappa shape index (κ3) is 4.67. The van der Waals surface area contributed by atoms with Gasteiger partial charge in [0.1, 0.15) is 12.4 Å². The molecule has 0 fully saturated rings. The number of benzene rings is 1. The van der Waals surface area contributed by atoms with Crippen molar-refractivity contribution in [3.63, 3.8) is 0 Å². The molecule has 1 aromatic rings. The number of alkyl halides is 3. The van der Waals surface area contributed by atoms with E-state index in [1.54, 1.807) is 54.6 Å². The van der Waals surface area contributed by atoms with E-state index in [0.717, 1.165) is 6.08 Å². The highest BCUT2D eigenvalue weighted by Crippen LogP contribution is 2.50. The fraction of sp³-hybridized carbons (Fsp3) is 0.346. The number of halogens is 3. The van der Waals surface area contributed by atoms with Crippen LogP contribution in [0.15, 0.2) is 88.6 Å². The van der Waals surface area contributed by atoms with Crippen LogP contribution in [0.4, 0.5) is 13.2 Å². The number of aryl methyl sites for hydroxylation is 1. The maximum absolute atomic E-state index is 16.1. The fourth-order valence-corrected chi connectivity index (χ4v) is 6.11. The third-order valence-corrected chi connectivity index (χ3v) is 8.30. The molecule has 1 unspecified atom stereocenters. The Labute approximate surface area is 219 Å². The molecule has 3 heterocycles. The highest BCUT2D eigenvalue weighted by atomic mass is 32.2. The zero-order chi connectivity index (χ0) is 27.1. The number of hydrazine groups is 1. The van der Waals surface area contributed by atoms with E-state index < -0.39 is 21.8 Å². The zero-order valence-electron chi connectivity index (χ0n) is 20.9. The summed E-state index contributed by atoms with van der Waals surface area (Å²) in [5.74, 6) is -3.88. The van der Waals surface area contributed by atoms with E-state index >= 15 is 13.2 Å². The minimum Gasteiger partial charge on any atom is -0.495 e. The van der Waals surface area contributed by atoms with Crippen molar-refractivity contribution in [2.24, 2.45) is 4.99 Å². The Kier molecular flexibility index (Phi) is 6.74. The molecular weight excluding hydrogens is 519 g/mol. The van der Waals surface area contributed by atoms with Crippen LogP contribution in [0.25, 0.3) is 0 Å². The lowest BCUT2D eigenvalue weighted by molar-refractivity contribution is -0.0829. The Bertz CT molecular complexity index is 1420. The number of hydrogen-bond acceptors (Lipinski definition) is 6. The molecular formula is C26H28F3N5O3S. The largest absolute Gasteiger partial charge is 0.495 e. The Morgan fingerprint density at radius 1 is 1.18 bits per heavy atom. The van der Waals surface area contributed by atoms with Crippen molar-refractivity contribution in [3.8, 4) is 0 Å². The lowest BCUT2D eigenvalue weighted by Gasteiger charge is -2.41. The lowest BCUT2D eigenvalue weighted by atomic mass is 9.83. The van der Waals surface area contributed by atoms with Gasteiger partial charge in [0.05, 0.1) is 12.8 Å². The first-order chi connectivity index (χ1) is 18.0. The molecule has 0 spiro atoms. The van der Waals surface area contributed by atoms with Crippen LogP contribution in [-0.2, 0) is 20.6 Å². The van der Waals surface area contributed by atoms with E-state index in [1.165, 1.54) is 28.6 Å². The van der Waals surface area contributed by atoms with Gasteiger partial charge in [-0.15, -0.1) is 4.83 Å². The molecule has 0 saturated heterocycles. The maximum Gasteiger partial charge on any atom is 0.310 e. The average molecular weight is 548 g/mol. The van der Waals surface area contributed by atoms with Gasteiger partial charge in [-0.25, -0.2) is 4.39 Å². The molecule has 3 aliphatic heterocycles. The maximum atomic E-state index is 16.1. The van der Waals surface area contributed by atoms with E-state index in [9.17, 15) is 8.42 Å². The van der Waals surface area contributed by atoms with E-state index in [0.29, 0.717) is 22.9 Å². The van der Waals surface area contributed by atoms with Crippen molar-refractivity contribution in [1.82, 2.24) is 19.0 Å². The monoisotopic (exact) mass is 547 g/mol. The van der Waals surface area contributed by atoms with Crippen molar-refractivity contribution in [2.45, 2.75) is 24.9 Å². The van der Waals surface area contributed by atoms with Crippen LogP contribution in [0.5, 0.6) is 0 Å². The first-order valence-corrected chi connectivity index (χ1v) is 13.5. The molecule has 0 bridgehead atoms. The predicted octanol–water partition coefficient (Wildman–Crippen LogP) is 3.66. The number of methoxy groups -OCH3 is 1. The van der Waals surface area contributed by atoms with Gasteiger partial charge in [-0.3, -0.25) is 10.0 Å². The molecule has 8 nitrogen and oxygen atoms in total. The molecule has 1 atom stereocenters. The Balaban J connectivity index is 1.43. The van der Waals surface area contributed by atoms with Crippen molar-refractivity contribution in [1.29, 1.82) is 0 Å². The van der Waals surface area contributed by atoms with Gasteiger partial charge in [0.15, 0.2) is 0 Å². The zero-order valence-corrected chi connectivity index (χ0v) is 21.8. The summed E-state index contributed by atoms with van der Waals surface area (Å²) in [7, 11) is -2.57. The van der Waals surface area contributed by atoms with Gasteiger partial charge in [-0.1, -0.05) is 42.0 Å². The summed E-state index contributed by atoms with van der Waals surface area (Å²) in [6.45, 7) is 2.30. The van der Waals surface area contributed by atoms with Gasteiger partial charge in [0.25, 0.3) is 10.2 Å². The highest BCUT2D eigenvalue weighted by Gasteiger charge is 2.57. The van der Waals surface area contributed by atoms with Gasteiger partial charge in [-0.2, -0.15) is 21.5 Å². The van der Waals surface area contributed by atoms with Crippen molar-refractivity contribution in [3.05, 3.63) is 94.7 Å². The quantitative estimate of drug-likeness (QED) is 0.589. The number of nitrogens with zero attached hydrogens (tertiary/aromatic N) is 4. The second-order valence-corrected chi connectivity index (χ2v) is 11.0. The average Bonchev–Trinajstić information content (AvgIpc) is 2.89. The molecule has 0 radical (unpaired) electrons. The number of rotatable bonds is 6. The molecule has 1 N–H and O–H groups in total. The summed E-state index contributed by atoms with van der Waals surface area (Å²) in [4.78, 5) is 8.13. The summed E-state index contributed by atoms with van der Waals surface area (Å²) in [5, 5.41) is 1.35. The highest BCUT2D eigenvalue weighted by molar-refractivity contribution is 7.87. The van der Waals surface area contributed by atoms with Gasteiger partial charge in [0, 0.05) is 56.3 Å². The van der Waals surface area contributed by atoms with Crippen LogP contribution < -0.4 is 4.83 Å². The first-order valence-electron chi connectivity index (χ1n) is 12.0. The van der Waals surface area contributed by atoms with Gasteiger partial charge >= 0.3 is 5.92 Å². The van der Waals surface area contributed by atoms with Crippen LogP contribution in [0.3, 0.4) is 0 Å². The Morgan fingerprint density at radius 2 is 2.00 bits per heavy atom. The van der Waals surface area contributed by atoms with E-state index in [2.05, 4.69) is 9.82 Å². The summed E-state index contributed by atoms with van der Waals surface area (Å²) >= 11 is 0. The topological polar surface area (TPSA) is 77.5 Å². The normalized spacial score (nSPS) is 25.3. The van der Waals surface area contributed by atoms with Gasteiger partial charge in [-0.05, 0) is 24.1 Å².